The quantitative estimate of drug-likeness (QED) is 0.332. The van der Waals surface area contributed by atoms with Crippen LogP contribution in [0.3, 0.4) is 0 Å². The van der Waals surface area contributed by atoms with Crippen molar-refractivity contribution < 1.29 is 18.6 Å². The van der Waals surface area contributed by atoms with Gasteiger partial charge in [0.1, 0.15) is 16.4 Å². The Morgan fingerprint density at radius 1 is 1.24 bits per heavy atom. The van der Waals surface area contributed by atoms with Crippen molar-refractivity contribution in [1.82, 2.24) is 9.97 Å². The fourth-order valence-corrected chi connectivity index (χ4v) is 5.83. The SMILES string of the molecule is C=C(C)C1CCC(C)=CC1c1c(O)cc(CCCCC)c(S(=O)(=O)Nc2ncccn2)c1O. The van der Waals surface area contributed by atoms with Crippen LogP contribution in [0.25, 0.3) is 0 Å². The van der Waals surface area contributed by atoms with Crippen LogP contribution >= 0.6 is 0 Å². The number of unbranched alkanes of at least 4 members (excludes halogenated alkanes) is 2. The second-order valence-electron chi connectivity index (χ2n) is 8.81. The van der Waals surface area contributed by atoms with Gasteiger partial charge in [-0.15, -0.1) is 0 Å². The Kier molecular flexibility index (Phi) is 7.79. The van der Waals surface area contributed by atoms with Crippen LogP contribution in [0.4, 0.5) is 5.95 Å². The fraction of sp³-hybridized carbons (Fsp3) is 0.440. The summed E-state index contributed by atoms with van der Waals surface area (Å²) < 4.78 is 29.2. The van der Waals surface area contributed by atoms with Crippen LogP contribution in [0.1, 0.15) is 69.9 Å². The Labute approximate surface area is 196 Å². The average molecular weight is 472 g/mol. The summed E-state index contributed by atoms with van der Waals surface area (Å²) in [5.41, 5.74) is 2.64. The van der Waals surface area contributed by atoms with Gasteiger partial charge in [-0.1, -0.05) is 43.6 Å². The maximum absolute atomic E-state index is 13.4. The lowest BCUT2D eigenvalue weighted by atomic mass is 9.73. The number of phenols is 2. The number of anilines is 1. The van der Waals surface area contributed by atoms with Gasteiger partial charge < -0.3 is 10.2 Å². The van der Waals surface area contributed by atoms with Gasteiger partial charge in [0.2, 0.25) is 5.95 Å². The Hall–Kier alpha value is -2.87. The normalized spacial score (nSPS) is 18.6. The Morgan fingerprint density at radius 2 is 1.94 bits per heavy atom. The minimum atomic E-state index is -4.22. The van der Waals surface area contributed by atoms with Gasteiger partial charge in [0, 0.05) is 23.9 Å². The van der Waals surface area contributed by atoms with E-state index >= 15 is 0 Å². The molecule has 8 heteroatoms. The molecule has 0 amide bonds. The highest BCUT2D eigenvalue weighted by Gasteiger charge is 2.35. The maximum atomic E-state index is 13.4. The molecule has 2 aromatic rings. The molecule has 0 radical (unpaired) electrons. The Morgan fingerprint density at radius 3 is 2.58 bits per heavy atom. The number of phenolic OH excluding ortho intramolecular Hbond substituents is 2. The zero-order valence-electron chi connectivity index (χ0n) is 19.5. The first-order valence-corrected chi connectivity index (χ1v) is 12.8. The molecule has 0 saturated heterocycles. The third-order valence-corrected chi connectivity index (χ3v) is 7.62. The molecule has 1 aromatic heterocycles. The smallest absolute Gasteiger partial charge is 0.268 e. The first-order chi connectivity index (χ1) is 15.7. The molecule has 0 bridgehead atoms. The highest BCUT2D eigenvalue weighted by atomic mass is 32.2. The maximum Gasteiger partial charge on any atom is 0.268 e. The summed E-state index contributed by atoms with van der Waals surface area (Å²) in [7, 11) is -4.22. The van der Waals surface area contributed by atoms with E-state index in [-0.39, 0.29) is 34.0 Å². The number of benzene rings is 1. The van der Waals surface area contributed by atoms with Crippen molar-refractivity contribution in [2.24, 2.45) is 5.92 Å². The van der Waals surface area contributed by atoms with Gasteiger partial charge in [0.05, 0.1) is 0 Å². The van der Waals surface area contributed by atoms with Gasteiger partial charge in [0.25, 0.3) is 10.0 Å². The number of hydrogen-bond acceptors (Lipinski definition) is 6. The van der Waals surface area contributed by atoms with Gasteiger partial charge in [-0.25, -0.2) is 23.1 Å². The van der Waals surface area contributed by atoms with Gasteiger partial charge in [0.15, 0.2) is 0 Å². The number of allylic oxidation sites excluding steroid dienone is 3. The molecule has 1 aliphatic rings. The monoisotopic (exact) mass is 471 g/mol. The van der Waals surface area contributed by atoms with Gasteiger partial charge >= 0.3 is 0 Å². The van der Waals surface area contributed by atoms with E-state index in [0.717, 1.165) is 43.3 Å². The molecule has 178 valence electrons. The van der Waals surface area contributed by atoms with Crippen molar-refractivity contribution in [2.75, 3.05) is 4.72 Å². The van der Waals surface area contributed by atoms with E-state index in [1.807, 2.05) is 19.9 Å². The second kappa shape index (κ2) is 10.4. The summed E-state index contributed by atoms with van der Waals surface area (Å²) in [6, 6.07) is 3.07. The minimum absolute atomic E-state index is 0.0163. The largest absolute Gasteiger partial charge is 0.507 e. The summed E-state index contributed by atoms with van der Waals surface area (Å²) in [5.74, 6) is -0.997. The molecule has 0 fully saturated rings. The van der Waals surface area contributed by atoms with Gasteiger partial charge in [-0.2, -0.15) is 0 Å². The predicted molar refractivity (Wildman–Crippen MR) is 130 cm³/mol. The van der Waals surface area contributed by atoms with E-state index in [9.17, 15) is 18.6 Å². The van der Waals surface area contributed by atoms with Crippen LogP contribution in [0, 0.1) is 5.92 Å². The van der Waals surface area contributed by atoms with Crippen LogP contribution in [-0.4, -0.2) is 28.6 Å². The molecule has 1 heterocycles. The third-order valence-electron chi connectivity index (χ3n) is 6.17. The first kappa shape index (κ1) is 24.8. The molecule has 0 aliphatic heterocycles. The lowest BCUT2D eigenvalue weighted by Gasteiger charge is -2.32. The van der Waals surface area contributed by atoms with Crippen molar-refractivity contribution in [3.63, 3.8) is 0 Å². The summed E-state index contributed by atoms with van der Waals surface area (Å²) in [4.78, 5) is 7.67. The predicted octanol–water partition coefficient (Wildman–Crippen LogP) is 5.44. The molecule has 7 nitrogen and oxygen atoms in total. The van der Waals surface area contributed by atoms with E-state index in [0.29, 0.717) is 12.0 Å². The van der Waals surface area contributed by atoms with Crippen molar-refractivity contribution in [2.45, 2.75) is 70.1 Å². The van der Waals surface area contributed by atoms with Gasteiger partial charge in [-0.3, -0.25) is 0 Å². The molecule has 1 aromatic carbocycles. The Balaban J connectivity index is 2.19. The number of aryl methyl sites for hydroxylation is 1. The van der Waals surface area contributed by atoms with E-state index in [4.69, 9.17) is 0 Å². The number of aromatic nitrogens is 2. The van der Waals surface area contributed by atoms with Crippen LogP contribution in [0.2, 0.25) is 0 Å². The van der Waals surface area contributed by atoms with Crippen molar-refractivity contribution in [1.29, 1.82) is 0 Å². The molecule has 0 spiro atoms. The number of hydrogen-bond donors (Lipinski definition) is 3. The average Bonchev–Trinajstić information content (AvgIpc) is 2.73. The molecule has 33 heavy (non-hydrogen) atoms. The highest BCUT2D eigenvalue weighted by molar-refractivity contribution is 7.92. The first-order valence-electron chi connectivity index (χ1n) is 11.4. The van der Waals surface area contributed by atoms with Crippen LogP contribution in [-0.2, 0) is 16.4 Å². The number of nitrogens with zero attached hydrogens (tertiary/aromatic N) is 2. The lowest BCUT2D eigenvalue weighted by molar-refractivity contribution is 0.397. The molecule has 2 unspecified atom stereocenters. The molecule has 1 aliphatic carbocycles. The number of nitrogens with one attached hydrogen (secondary N) is 1. The molecular formula is C25H33N3O4S. The third kappa shape index (κ3) is 5.55. The number of rotatable bonds is 9. The summed E-state index contributed by atoms with van der Waals surface area (Å²) >= 11 is 0. The van der Waals surface area contributed by atoms with Crippen molar-refractivity contribution >= 4 is 16.0 Å². The minimum Gasteiger partial charge on any atom is -0.507 e. The van der Waals surface area contributed by atoms with Crippen molar-refractivity contribution in [3.05, 3.63) is 59.5 Å². The summed E-state index contributed by atoms with van der Waals surface area (Å²) in [6.07, 6.45) is 9.57. The zero-order chi connectivity index (χ0) is 24.2. The zero-order valence-corrected chi connectivity index (χ0v) is 20.3. The molecule has 3 rings (SSSR count). The molecule has 2 atom stereocenters. The van der Waals surface area contributed by atoms with Gasteiger partial charge in [-0.05, 0) is 63.1 Å². The second-order valence-corrected chi connectivity index (χ2v) is 10.4. The summed E-state index contributed by atoms with van der Waals surface area (Å²) in [6.45, 7) is 10.1. The van der Waals surface area contributed by atoms with E-state index < -0.39 is 15.8 Å². The number of sulfonamides is 1. The fourth-order valence-electron chi connectivity index (χ4n) is 4.51. The van der Waals surface area contributed by atoms with Crippen LogP contribution in [0.5, 0.6) is 11.5 Å². The molecule has 3 N–H and O–H groups in total. The van der Waals surface area contributed by atoms with Crippen molar-refractivity contribution in [3.8, 4) is 11.5 Å². The van der Waals surface area contributed by atoms with Crippen LogP contribution < -0.4 is 4.72 Å². The number of aromatic hydroxyl groups is 2. The summed E-state index contributed by atoms with van der Waals surface area (Å²) in [5, 5.41) is 22.4. The Bertz CT molecular complexity index is 1140. The standard InChI is InChI=1S/C25H33N3O4S/c1-5-6-7-9-18-15-21(29)22(20-14-17(4)10-11-19(20)16(2)3)23(30)24(18)33(31,32)28-25-26-12-8-13-27-25/h8,12-15,19-20,29-30H,2,5-7,9-11H2,1,3-4H3,(H,26,27,28). The molecule has 0 saturated carbocycles. The van der Waals surface area contributed by atoms with Crippen LogP contribution in [0.15, 0.2) is 53.2 Å². The van der Waals surface area contributed by atoms with E-state index in [1.165, 1.54) is 18.5 Å². The van der Waals surface area contributed by atoms with E-state index in [1.54, 1.807) is 6.07 Å². The topological polar surface area (TPSA) is 112 Å². The van der Waals surface area contributed by atoms with E-state index in [2.05, 4.69) is 28.2 Å². The highest BCUT2D eigenvalue weighted by Crippen LogP contribution is 2.49. The lowest BCUT2D eigenvalue weighted by Crippen LogP contribution is -2.20. The molecular weight excluding hydrogens is 438 g/mol.